The van der Waals surface area contributed by atoms with Crippen molar-refractivity contribution in [1.82, 2.24) is 9.74 Å². The number of amides is 1. The van der Waals surface area contributed by atoms with Gasteiger partial charge in [0, 0.05) is 19.2 Å². The molecule has 1 amide bonds. The van der Waals surface area contributed by atoms with Crippen LogP contribution in [-0.2, 0) is 9.47 Å². The fraction of sp³-hybridized carbons (Fsp3) is 0.462. The highest BCUT2D eigenvalue weighted by Gasteiger charge is 2.36. The molecule has 1 heterocycles. The van der Waals surface area contributed by atoms with E-state index < -0.39 is 18.5 Å². The Hall–Kier alpha value is -0.890. The minimum absolute atomic E-state index is 0. The van der Waals surface area contributed by atoms with E-state index in [0.717, 1.165) is 0 Å². The summed E-state index contributed by atoms with van der Waals surface area (Å²) in [6.07, 6.45) is -1.75. The number of nitrogens with two attached hydrogens (primary N) is 1. The van der Waals surface area contributed by atoms with Gasteiger partial charge in [0.05, 0.1) is 6.61 Å². The van der Waals surface area contributed by atoms with Crippen molar-refractivity contribution in [3.63, 3.8) is 0 Å². The minimum Gasteiger partial charge on any atom is -0.369 e. The average Bonchev–Trinajstić information content (AvgIpc) is 2.48. The third-order valence-corrected chi connectivity index (χ3v) is 3.53. The first-order chi connectivity index (χ1) is 9.63. The molecule has 1 aliphatic rings. The van der Waals surface area contributed by atoms with Gasteiger partial charge in [0.1, 0.15) is 12.3 Å². The van der Waals surface area contributed by atoms with E-state index in [4.69, 9.17) is 27.0 Å². The number of halogens is 2. The molecular weight excluding hydrogens is 317 g/mol. The van der Waals surface area contributed by atoms with Crippen LogP contribution in [0.4, 0.5) is 0 Å². The lowest BCUT2D eigenvalue weighted by molar-refractivity contribution is -0.118. The SMILES string of the molecule is COC(NC(=O)c1ccccc1)C1OCCN(Cl)C1N.Cl. The lowest BCUT2D eigenvalue weighted by Gasteiger charge is -2.38. The van der Waals surface area contributed by atoms with Crippen molar-refractivity contribution >= 4 is 30.1 Å². The highest BCUT2D eigenvalue weighted by Crippen LogP contribution is 2.16. The van der Waals surface area contributed by atoms with Crippen molar-refractivity contribution < 1.29 is 14.3 Å². The normalized spacial score (nSPS) is 24.0. The molecule has 0 bridgehead atoms. The molecule has 1 fully saturated rings. The third-order valence-electron chi connectivity index (χ3n) is 3.14. The summed E-state index contributed by atoms with van der Waals surface area (Å²) in [6, 6.07) is 8.87. The first-order valence-corrected chi connectivity index (χ1v) is 6.65. The van der Waals surface area contributed by atoms with E-state index in [9.17, 15) is 4.79 Å². The Labute approximate surface area is 135 Å². The van der Waals surface area contributed by atoms with E-state index >= 15 is 0 Å². The maximum atomic E-state index is 12.1. The number of methoxy groups -OCH3 is 1. The largest absolute Gasteiger partial charge is 0.369 e. The number of nitrogens with zero attached hydrogens (tertiary/aromatic N) is 1. The molecule has 6 nitrogen and oxygen atoms in total. The Balaban J connectivity index is 0.00000220. The second-order valence-electron chi connectivity index (χ2n) is 4.45. The Kier molecular flexibility index (Phi) is 7.37. The van der Waals surface area contributed by atoms with Gasteiger partial charge in [0.25, 0.3) is 5.91 Å². The van der Waals surface area contributed by atoms with Crippen LogP contribution in [0.25, 0.3) is 0 Å². The number of hydrogen-bond donors (Lipinski definition) is 2. The zero-order chi connectivity index (χ0) is 14.5. The van der Waals surface area contributed by atoms with E-state index in [0.29, 0.717) is 18.7 Å². The highest BCUT2D eigenvalue weighted by molar-refractivity contribution is 6.13. The summed E-state index contributed by atoms with van der Waals surface area (Å²) < 4.78 is 12.3. The van der Waals surface area contributed by atoms with Gasteiger partial charge in [-0.2, -0.15) is 4.42 Å². The van der Waals surface area contributed by atoms with Gasteiger partial charge in [-0.1, -0.05) is 18.2 Å². The molecule has 2 rings (SSSR count). The lowest BCUT2D eigenvalue weighted by Crippen LogP contribution is -2.61. The maximum absolute atomic E-state index is 12.1. The van der Waals surface area contributed by atoms with Gasteiger partial charge in [-0.05, 0) is 23.9 Å². The van der Waals surface area contributed by atoms with Crippen molar-refractivity contribution in [3.05, 3.63) is 35.9 Å². The van der Waals surface area contributed by atoms with Crippen LogP contribution in [0.5, 0.6) is 0 Å². The molecule has 1 saturated heterocycles. The Morgan fingerprint density at radius 1 is 1.52 bits per heavy atom. The molecule has 1 aliphatic heterocycles. The predicted molar refractivity (Wildman–Crippen MR) is 82.2 cm³/mol. The van der Waals surface area contributed by atoms with Crippen molar-refractivity contribution in [2.24, 2.45) is 5.73 Å². The highest BCUT2D eigenvalue weighted by atomic mass is 35.5. The van der Waals surface area contributed by atoms with Gasteiger partial charge in [-0.3, -0.25) is 4.79 Å². The number of benzene rings is 1. The van der Waals surface area contributed by atoms with Gasteiger partial charge in [-0.25, -0.2) is 0 Å². The number of rotatable bonds is 4. The summed E-state index contributed by atoms with van der Waals surface area (Å²) in [7, 11) is 1.49. The number of carbonyl (C=O) groups excluding carboxylic acids is 1. The van der Waals surface area contributed by atoms with E-state index in [2.05, 4.69) is 5.32 Å². The quantitative estimate of drug-likeness (QED) is 0.632. The Bertz CT molecular complexity index is 450. The van der Waals surface area contributed by atoms with Crippen LogP contribution in [0.3, 0.4) is 0 Å². The molecule has 1 aromatic carbocycles. The van der Waals surface area contributed by atoms with Crippen molar-refractivity contribution in [2.45, 2.75) is 18.5 Å². The Morgan fingerprint density at radius 3 is 2.81 bits per heavy atom. The molecule has 1 aromatic rings. The summed E-state index contributed by atoms with van der Waals surface area (Å²) in [5, 5.41) is 2.75. The molecule has 3 unspecified atom stereocenters. The van der Waals surface area contributed by atoms with Crippen LogP contribution in [0.15, 0.2) is 30.3 Å². The van der Waals surface area contributed by atoms with Crippen LogP contribution < -0.4 is 11.1 Å². The molecule has 0 spiro atoms. The third kappa shape index (κ3) is 4.54. The smallest absolute Gasteiger partial charge is 0.253 e. The summed E-state index contributed by atoms with van der Waals surface area (Å²) in [5.41, 5.74) is 6.49. The molecule has 118 valence electrons. The molecule has 0 radical (unpaired) electrons. The number of ether oxygens (including phenoxy) is 2. The maximum Gasteiger partial charge on any atom is 0.253 e. The molecular formula is C13H19Cl2N3O3. The zero-order valence-corrected chi connectivity index (χ0v) is 13.1. The van der Waals surface area contributed by atoms with E-state index in [1.165, 1.54) is 11.5 Å². The van der Waals surface area contributed by atoms with E-state index in [1.807, 2.05) is 6.07 Å². The molecule has 3 atom stereocenters. The summed E-state index contributed by atoms with van der Waals surface area (Å²) in [5.74, 6) is -0.250. The second-order valence-corrected chi connectivity index (χ2v) is 4.88. The first kappa shape index (κ1) is 18.2. The lowest BCUT2D eigenvalue weighted by atomic mass is 10.1. The topological polar surface area (TPSA) is 76.8 Å². The number of morpholine rings is 1. The Morgan fingerprint density at radius 2 is 2.19 bits per heavy atom. The van der Waals surface area contributed by atoms with Gasteiger partial charge >= 0.3 is 0 Å². The van der Waals surface area contributed by atoms with Crippen LogP contribution in [-0.4, -0.2) is 49.1 Å². The van der Waals surface area contributed by atoms with Gasteiger partial charge in [0.2, 0.25) is 0 Å². The van der Waals surface area contributed by atoms with Crippen molar-refractivity contribution in [2.75, 3.05) is 20.3 Å². The van der Waals surface area contributed by atoms with Crippen LogP contribution in [0.1, 0.15) is 10.4 Å². The second kappa shape index (κ2) is 8.53. The van der Waals surface area contributed by atoms with Gasteiger partial charge in [0.15, 0.2) is 6.23 Å². The van der Waals surface area contributed by atoms with Gasteiger partial charge in [-0.15, -0.1) is 12.4 Å². The molecule has 3 N–H and O–H groups in total. The average molecular weight is 336 g/mol. The molecule has 0 aromatic heterocycles. The number of hydrogen-bond acceptors (Lipinski definition) is 5. The molecule has 0 saturated carbocycles. The first-order valence-electron chi connectivity index (χ1n) is 6.32. The van der Waals surface area contributed by atoms with Gasteiger partial charge < -0.3 is 20.5 Å². The predicted octanol–water partition coefficient (Wildman–Crippen LogP) is 0.950. The number of carbonyl (C=O) groups is 1. The fourth-order valence-corrected chi connectivity index (χ4v) is 2.21. The summed E-state index contributed by atoms with van der Waals surface area (Å²) >= 11 is 5.98. The molecule has 21 heavy (non-hydrogen) atoms. The van der Waals surface area contributed by atoms with Crippen LogP contribution in [0.2, 0.25) is 0 Å². The summed E-state index contributed by atoms with van der Waals surface area (Å²) in [4.78, 5) is 12.1. The standard InChI is InChI=1S/C13H18ClN3O3.ClH/c1-19-13(10-11(15)17(14)7-8-20-10)16-12(18)9-5-3-2-4-6-9;/h2-6,10-11,13H,7-8,15H2,1H3,(H,16,18);1H. The van der Waals surface area contributed by atoms with E-state index in [-0.39, 0.29) is 18.3 Å². The van der Waals surface area contributed by atoms with Crippen LogP contribution >= 0.6 is 24.2 Å². The molecule has 8 heteroatoms. The van der Waals surface area contributed by atoms with Crippen molar-refractivity contribution in [1.29, 1.82) is 0 Å². The number of nitrogens with one attached hydrogen (secondary N) is 1. The van der Waals surface area contributed by atoms with Crippen LogP contribution in [0, 0.1) is 0 Å². The monoisotopic (exact) mass is 335 g/mol. The van der Waals surface area contributed by atoms with Crippen molar-refractivity contribution in [3.8, 4) is 0 Å². The minimum atomic E-state index is -0.667. The fourth-order valence-electron chi connectivity index (χ4n) is 2.03. The zero-order valence-electron chi connectivity index (χ0n) is 11.6. The summed E-state index contributed by atoms with van der Waals surface area (Å²) in [6.45, 7) is 0.964. The molecule has 0 aliphatic carbocycles. The van der Waals surface area contributed by atoms with E-state index in [1.54, 1.807) is 24.3 Å².